The van der Waals surface area contributed by atoms with E-state index in [0.717, 1.165) is 24.2 Å². The number of hydrogen-bond donors (Lipinski definition) is 1. The lowest BCUT2D eigenvalue weighted by Gasteiger charge is -2.17. The third kappa shape index (κ3) is 3.42. The van der Waals surface area contributed by atoms with Crippen molar-refractivity contribution in [3.05, 3.63) is 65.7 Å². The van der Waals surface area contributed by atoms with Crippen LogP contribution in [0.5, 0.6) is 0 Å². The summed E-state index contributed by atoms with van der Waals surface area (Å²) in [5.74, 6) is 0.0422. The molecule has 0 unspecified atom stereocenters. The fraction of sp³-hybridized carbons (Fsp3) is 0.263. The van der Waals surface area contributed by atoms with Crippen LogP contribution in [0.3, 0.4) is 0 Å². The van der Waals surface area contributed by atoms with Gasteiger partial charge in [-0.25, -0.2) is 0 Å². The van der Waals surface area contributed by atoms with Crippen molar-refractivity contribution in [1.82, 2.24) is 5.32 Å². The summed E-state index contributed by atoms with van der Waals surface area (Å²) in [7, 11) is 0. The van der Waals surface area contributed by atoms with E-state index in [2.05, 4.69) is 5.32 Å². The van der Waals surface area contributed by atoms with Gasteiger partial charge in [0.2, 0.25) is 5.91 Å². The Kier molecular flexibility index (Phi) is 4.42. The molecule has 3 rings (SSSR count). The van der Waals surface area contributed by atoms with Crippen LogP contribution in [0.25, 0.3) is 0 Å². The third-order valence-electron chi connectivity index (χ3n) is 4.16. The first-order valence-corrected chi connectivity index (χ1v) is 7.91. The molecule has 4 nitrogen and oxygen atoms in total. The molecule has 2 aromatic rings. The van der Waals surface area contributed by atoms with Gasteiger partial charge >= 0.3 is 0 Å². The standard InChI is InChI=1S/C19H20N2O2/c1-14(15-6-3-2-4-7-15)20-19(23)16-9-11-17(12-10-16)21-13-5-8-18(21)22/h2-4,6-7,9-12,14H,5,8,13H2,1H3,(H,20,23)/t14-/m1/s1. The molecule has 4 heteroatoms. The van der Waals surface area contributed by atoms with Gasteiger partial charge in [0.1, 0.15) is 0 Å². The lowest BCUT2D eigenvalue weighted by atomic mass is 10.1. The van der Waals surface area contributed by atoms with Crippen molar-refractivity contribution >= 4 is 17.5 Å². The van der Waals surface area contributed by atoms with Gasteiger partial charge in [0.25, 0.3) is 5.91 Å². The number of nitrogens with one attached hydrogen (secondary N) is 1. The Labute approximate surface area is 136 Å². The molecule has 1 aliphatic heterocycles. The molecule has 2 amide bonds. The van der Waals surface area contributed by atoms with Crippen molar-refractivity contribution in [3.8, 4) is 0 Å². The quantitative estimate of drug-likeness (QED) is 0.942. The molecule has 2 aromatic carbocycles. The molecule has 0 aliphatic carbocycles. The fourth-order valence-electron chi connectivity index (χ4n) is 2.82. The molecule has 1 fully saturated rings. The van der Waals surface area contributed by atoms with E-state index in [9.17, 15) is 9.59 Å². The summed E-state index contributed by atoms with van der Waals surface area (Å²) in [6, 6.07) is 17.0. The monoisotopic (exact) mass is 308 g/mol. The highest BCUT2D eigenvalue weighted by molar-refractivity contribution is 5.97. The lowest BCUT2D eigenvalue weighted by molar-refractivity contribution is -0.117. The maximum Gasteiger partial charge on any atom is 0.251 e. The molecule has 0 radical (unpaired) electrons. The van der Waals surface area contributed by atoms with Crippen molar-refractivity contribution in [2.45, 2.75) is 25.8 Å². The van der Waals surface area contributed by atoms with Crippen LogP contribution in [0, 0.1) is 0 Å². The van der Waals surface area contributed by atoms with Gasteiger partial charge in [-0.2, -0.15) is 0 Å². The smallest absolute Gasteiger partial charge is 0.251 e. The van der Waals surface area contributed by atoms with E-state index in [1.807, 2.05) is 49.4 Å². The third-order valence-corrected chi connectivity index (χ3v) is 4.16. The molecule has 0 aromatic heterocycles. The van der Waals surface area contributed by atoms with Crippen LogP contribution in [0.15, 0.2) is 54.6 Å². The summed E-state index contributed by atoms with van der Waals surface area (Å²) in [6.07, 6.45) is 1.51. The Hall–Kier alpha value is -2.62. The van der Waals surface area contributed by atoms with E-state index < -0.39 is 0 Å². The Bertz CT molecular complexity index is 695. The maximum absolute atomic E-state index is 12.3. The van der Waals surface area contributed by atoms with E-state index >= 15 is 0 Å². The predicted octanol–water partition coefficient (Wildman–Crippen LogP) is 3.30. The molecule has 118 valence electrons. The second-order valence-corrected chi connectivity index (χ2v) is 5.80. The molecule has 1 N–H and O–H groups in total. The van der Waals surface area contributed by atoms with Crippen molar-refractivity contribution < 1.29 is 9.59 Å². The van der Waals surface area contributed by atoms with Gasteiger partial charge in [-0.15, -0.1) is 0 Å². The zero-order chi connectivity index (χ0) is 16.2. The lowest BCUT2D eigenvalue weighted by Crippen LogP contribution is -2.27. The topological polar surface area (TPSA) is 49.4 Å². The van der Waals surface area contributed by atoms with E-state index in [0.29, 0.717) is 12.0 Å². The maximum atomic E-state index is 12.3. The molecular weight excluding hydrogens is 288 g/mol. The van der Waals surface area contributed by atoms with Crippen molar-refractivity contribution in [1.29, 1.82) is 0 Å². The number of carbonyl (C=O) groups excluding carboxylic acids is 2. The summed E-state index contributed by atoms with van der Waals surface area (Å²) in [6.45, 7) is 2.72. The first-order chi connectivity index (χ1) is 11.1. The molecule has 1 aliphatic rings. The predicted molar refractivity (Wildman–Crippen MR) is 90.4 cm³/mol. The zero-order valence-corrected chi connectivity index (χ0v) is 13.2. The molecule has 0 saturated carbocycles. The molecule has 0 bridgehead atoms. The Morgan fingerprint density at radius 2 is 1.78 bits per heavy atom. The van der Waals surface area contributed by atoms with Crippen LogP contribution >= 0.6 is 0 Å². The van der Waals surface area contributed by atoms with Gasteiger partial charge < -0.3 is 10.2 Å². The average molecular weight is 308 g/mol. The van der Waals surface area contributed by atoms with Crippen molar-refractivity contribution in [2.24, 2.45) is 0 Å². The second-order valence-electron chi connectivity index (χ2n) is 5.80. The summed E-state index contributed by atoms with van der Waals surface area (Å²) in [5.41, 5.74) is 2.53. The highest BCUT2D eigenvalue weighted by Gasteiger charge is 2.21. The summed E-state index contributed by atoms with van der Waals surface area (Å²) < 4.78 is 0. The van der Waals surface area contributed by atoms with Crippen LogP contribution in [0.1, 0.15) is 41.7 Å². The minimum atomic E-state index is -0.111. The van der Waals surface area contributed by atoms with Gasteiger partial charge in [-0.3, -0.25) is 9.59 Å². The van der Waals surface area contributed by atoms with Crippen LogP contribution in [-0.2, 0) is 4.79 Å². The first-order valence-electron chi connectivity index (χ1n) is 7.91. The highest BCUT2D eigenvalue weighted by atomic mass is 16.2. The van der Waals surface area contributed by atoms with Crippen LogP contribution in [-0.4, -0.2) is 18.4 Å². The van der Waals surface area contributed by atoms with E-state index in [1.165, 1.54) is 0 Å². The largest absolute Gasteiger partial charge is 0.346 e. The first kappa shape index (κ1) is 15.3. The van der Waals surface area contributed by atoms with Gasteiger partial charge in [0.15, 0.2) is 0 Å². The number of rotatable bonds is 4. The molecule has 23 heavy (non-hydrogen) atoms. The van der Waals surface area contributed by atoms with E-state index in [1.54, 1.807) is 17.0 Å². The molecule has 1 heterocycles. The van der Waals surface area contributed by atoms with Gasteiger partial charge in [-0.05, 0) is 43.2 Å². The van der Waals surface area contributed by atoms with Gasteiger partial charge in [0, 0.05) is 24.2 Å². The number of benzene rings is 2. The molecular formula is C19H20N2O2. The molecule has 1 atom stereocenters. The van der Waals surface area contributed by atoms with Crippen LogP contribution in [0.2, 0.25) is 0 Å². The minimum Gasteiger partial charge on any atom is -0.346 e. The van der Waals surface area contributed by atoms with Crippen LogP contribution < -0.4 is 10.2 Å². The van der Waals surface area contributed by atoms with E-state index in [4.69, 9.17) is 0 Å². The second kappa shape index (κ2) is 6.65. The average Bonchev–Trinajstić information content (AvgIpc) is 3.02. The Morgan fingerprint density at radius 1 is 1.09 bits per heavy atom. The highest BCUT2D eigenvalue weighted by Crippen LogP contribution is 2.22. The SMILES string of the molecule is C[C@@H](NC(=O)c1ccc(N2CCCC2=O)cc1)c1ccccc1. The summed E-state index contributed by atoms with van der Waals surface area (Å²) in [5, 5.41) is 2.99. The van der Waals surface area contributed by atoms with Crippen LogP contribution in [0.4, 0.5) is 5.69 Å². The number of nitrogens with zero attached hydrogens (tertiary/aromatic N) is 1. The minimum absolute atomic E-state index is 0.0523. The van der Waals surface area contributed by atoms with Crippen molar-refractivity contribution in [3.63, 3.8) is 0 Å². The van der Waals surface area contributed by atoms with Crippen molar-refractivity contribution in [2.75, 3.05) is 11.4 Å². The normalized spacial score (nSPS) is 15.5. The van der Waals surface area contributed by atoms with Gasteiger partial charge in [-0.1, -0.05) is 30.3 Å². The number of carbonyl (C=O) groups is 2. The molecule has 1 saturated heterocycles. The number of amides is 2. The Balaban J connectivity index is 1.67. The number of hydrogen-bond acceptors (Lipinski definition) is 2. The fourth-order valence-corrected chi connectivity index (χ4v) is 2.82. The summed E-state index contributed by atoms with van der Waals surface area (Å²) >= 11 is 0. The Morgan fingerprint density at radius 3 is 2.39 bits per heavy atom. The summed E-state index contributed by atoms with van der Waals surface area (Å²) in [4.78, 5) is 25.8. The van der Waals surface area contributed by atoms with Gasteiger partial charge in [0.05, 0.1) is 6.04 Å². The molecule has 0 spiro atoms. The van der Waals surface area contributed by atoms with E-state index in [-0.39, 0.29) is 17.9 Å². The number of anilines is 1. The zero-order valence-electron chi connectivity index (χ0n) is 13.2.